The van der Waals surface area contributed by atoms with Gasteiger partial charge >= 0.3 is 0 Å². The lowest BCUT2D eigenvalue weighted by Crippen LogP contribution is -2.15. The number of aromatic amines is 1. The van der Waals surface area contributed by atoms with Crippen molar-refractivity contribution in [1.29, 1.82) is 0 Å². The standard InChI is InChI=1S/C8H4N2O2/c11-4-6-7-2-1-3-10(7)8(5-12)9-6/h1-3,9H. The zero-order valence-electron chi connectivity index (χ0n) is 6.00. The van der Waals surface area contributed by atoms with Crippen LogP contribution >= 0.6 is 0 Å². The fraction of sp³-hybridized carbons (Fsp3) is 0. The molecular formula is C8H4N2O2. The van der Waals surface area contributed by atoms with Crippen LogP contribution in [0, 0.1) is 0 Å². The largest absolute Gasteiger partial charge is 0.321 e. The third-order valence-electron chi connectivity index (χ3n) is 1.69. The van der Waals surface area contributed by atoms with Gasteiger partial charge in [0, 0.05) is 6.20 Å². The first-order chi connectivity index (χ1) is 5.86. The summed E-state index contributed by atoms with van der Waals surface area (Å²) in [5.74, 6) is 3.39. The summed E-state index contributed by atoms with van der Waals surface area (Å²) >= 11 is 0. The fourth-order valence-corrected chi connectivity index (χ4v) is 1.17. The topological polar surface area (TPSA) is 54.3 Å². The van der Waals surface area contributed by atoms with Crippen molar-refractivity contribution in [1.82, 2.24) is 9.38 Å². The fourth-order valence-electron chi connectivity index (χ4n) is 1.17. The monoisotopic (exact) mass is 160 g/mol. The second kappa shape index (κ2) is 2.24. The molecule has 4 heteroatoms. The Kier molecular flexibility index (Phi) is 1.25. The third-order valence-corrected chi connectivity index (χ3v) is 1.69. The summed E-state index contributed by atoms with van der Waals surface area (Å²) < 4.78 is 1.55. The molecule has 0 aliphatic rings. The van der Waals surface area contributed by atoms with Crippen molar-refractivity contribution in [2.45, 2.75) is 0 Å². The molecule has 4 nitrogen and oxygen atoms in total. The van der Waals surface area contributed by atoms with Gasteiger partial charge in [-0.05, 0) is 12.1 Å². The van der Waals surface area contributed by atoms with Crippen LogP contribution in [-0.2, 0) is 9.59 Å². The van der Waals surface area contributed by atoms with E-state index in [0.29, 0.717) is 5.52 Å². The number of carbonyl (C=O) groups excluding carboxylic acids is 2. The quantitative estimate of drug-likeness (QED) is 0.498. The molecule has 2 rings (SSSR count). The van der Waals surface area contributed by atoms with Crippen LogP contribution in [0.15, 0.2) is 18.3 Å². The number of nitrogens with zero attached hydrogens (tertiary/aromatic N) is 1. The first kappa shape index (κ1) is 6.68. The Bertz CT molecular complexity index is 531. The second-order valence-corrected chi connectivity index (χ2v) is 2.32. The van der Waals surface area contributed by atoms with Crippen LogP contribution in [0.2, 0.25) is 0 Å². The van der Waals surface area contributed by atoms with Gasteiger partial charge in [-0.25, -0.2) is 9.59 Å². The van der Waals surface area contributed by atoms with E-state index in [-0.39, 0.29) is 10.8 Å². The van der Waals surface area contributed by atoms with Gasteiger partial charge in [-0.3, -0.25) is 4.40 Å². The van der Waals surface area contributed by atoms with Gasteiger partial charge in [-0.2, -0.15) is 0 Å². The van der Waals surface area contributed by atoms with Crippen LogP contribution in [-0.4, -0.2) is 21.3 Å². The maximum Gasteiger partial charge on any atom is 0.202 e. The molecule has 0 spiro atoms. The molecule has 2 aromatic rings. The number of rotatable bonds is 0. The minimum absolute atomic E-state index is 0.230. The Balaban J connectivity index is 3.32. The minimum atomic E-state index is 0.230. The predicted octanol–water partition coefficient (Wildman–Crippen LogP) is -1.73. The van der Waals surface area contributed by atoms with E-state index in [9.17, 15) is 9.59 Å². The molecule has 0 aromatic carbocycles. The summed E-state index contributed by atoms with van der Waals surface area (Å²) in [6, 6.07) is 3.46. The molecule has 0 bridgehead atoms. The molecule has 12 heavy (non-hydrogen) atoms. The first-order valence-electron chi connectivity index (χ1n) is 3.32. The van der Waals surface area contributed by atoms with Crippen LogP contribution < -0.4 is 10.8 Å². The summed E-state index contributed by atoms with van der Waals surface area (Å²) in [6.45, 7) is 0. The van der Waals surface area contributed by atoms with Crippen LogP contribution in [0.25, 0.3) is 5.52 Å². The maximum atomic E-state index is 10.3. The zero-order valence-corrected chi connectivity index (χ0v) is 6.00. The number of aromatic nitrogens is 2. The lowest BCUT2D eigenvalue weighted by molar-refractivity contribution is 0.565. The highest BCUT2D eigenvalue weighted by Crippen LogP contribution is 1.90. The van der Waals surface area contributed by atoms with Gasteiger partial charge in [-0.15, -0.1) is 0 Å². The molecule has 0 aliphatic carbocycles. The van der Waals surface area contributed by atoms with Crippen molar-refractivity contribution >= 4 is 17.4 Å². The first-order valence-corrected chi connectivity index (χ1v) is 3.32. The Hall–Kier alpha value is -2.02. The molecular weight excluding hydrogens is 156 g/mol. The van der Waals surface area contributed by atoms with Crippen molar-refractivity contribution < 1.29 is 9.59 Å². The highest BCUT2D eigenvalue weighted by molar-refractivity contribution is 5.61. The molecule has 2 aromatic heterocycles. The minimum Gasteiger partial charge on any atom is -0.321 e. The number of hydrogen-bond donors (Lipinski definition) is 1. The van der Waals surface area contributed by atoms with Crippen molar-refractivity contribution in [3.63, 3.8) is 0 Å². The lowest BCUT2D eigenvalue weighted by Gasteiger charge is -1.75. The molecule has 1 N–H and O–H groups in total. The Morgan fingerprint density at radius 2 is 2.17 bits per heavy atom. The van der Waals surface area contributed by atoms with Crippen LogP contribution in [0.5, 0.6) is 0 Å². The molecule has 0 saturated heterocycles. The smallest absolute Gasteiger partial charge is 0.202 e. The Morgan fingerprint density at radius 3 is 2.83 bits per heavy atom. The van der Waals surface area contributed by atoms with E-state index in [2.05, 4.69) is 4.98 Å². The van der Waals surface area contributed by atoms with E-state index in [1.54, 1.807) is 34.6 Å². The highest BCUT2D eigenvalue weighted by Gasteiger charge is 1.98. The molecule has 0 radical (unpaired) electrons. The molecule has 0 amide bonds. The van der Waals surface area contributed by atoms with E-state index in [1.807, 2.05) is 0 Å². The normalized spacial score (nSPS) is 9.67. The van der Waals surface area contributed by atoms with Crippen LogP contribution in [0.1, 0.15) is 0 Å². The van der Waals surface area contributed by atoms with Crippen molar-refractivity contribution in [3.8, 4) is 0 Å². The van der Waals surface area contributed by atoms with Gasteiger partial charge in [0.05, 0.1) is 5.52 Å². The highest BCUT2D eigenvalue weighted by atomic mass is 16.1. The Labute approximate surface area is 66.4 Å². The van der Waals surface area contributed by atoms with E-state index in [0.717, 1.165) is 0 Å². The SMILES string of the molecule is O=C=c1[nH]c(=C=O)n2cccc12. The summed E-state index contributed by atoms with van der Waals surface area (Å²) in [6.07, 6.45) is 1.67. The van der Waals surface area contributed by atoms with Crippen molar-refractivity contribution in [2.75, 3.05) is 0 Å². The third kappa shape index (κ3) is 0.676. The summed E-state index contributed by atoms with van der Waals surface area (Å²) in [5.41, 5.74) is 0.872. The van der Waals surface area contributed by atoms with Gasteiger partial charge in [0.15, 0.2) is 17.2 Å². The van der Waals surface area contributed by atoms with Gasteiger partial charge in [0.25, 0.3) is 0 Å². The number of fused-ring (bicyclic) bond motifs is 1. The predicted molar refractivity (Wildman–Crippen MR) is 40.6 cm³/mol. The summed E-state index contributed by atoms with van der Waals surface area (Å²) in [4.78, 5) is 23.3. The number of H-pyrrole nitrogens is 1. The molecule has 2 heterocycles. The van der Waals surface area contributed by atoms with Gasteiger partial charge in [0.2, 0.25) is 5.48 Å². The van der Waals surface area contributed by atoms with Gasteiger partial charge in [0.1, 0.15) is 0 Å². The van der Waals surface area contributed by atoms with E-state index in [4.69, 9.17) is 0 Å². The summed E-state index contributed by atoms with van der Waals surface area (Å²) in [7, 11) is 0. The molecule has 0 atom stereocenters. The van der Waals surface area contributed by atoms with Crippen molar-refractivity contribution in [3.05, 3.63) is 29.2 Å². The zero-order chi connectivity index (χ0) is 8.55. The average Bonchev–Trinajstić information content (AvgIpc) is 2.63. The van der Waals surface area contributed by atoms with Gasteiger partial charge in [-0.1, -0.05) is 0 Å². The molecule has 0 fully saturated rings. The molecule has 0 aliphatic heterocycles. The second-order valence-electron chi connectivity index (χ2n) is 2.32. The molecule has 0 unspecified atom stereocenters. The number of imidazole rings is 1. The van der Waals surface area contributed by atoms with Crippen molar-refractivity contribution in [2.24, 2.45) is 0 Å². The molecule has 0 saturated carbocycles. The van der Waals surface area contributed by atoms with Crippen LogP contribution in [0.4, 0.5) is 0 Å². The van der Waals surface area contributed by atoms with E-state index >= 15 is 0 Å². The van der Waals surface area contributed by atoms with E-state index < -0.39 is 0 Å². The summed E-state index contributed by atoms with van der Waals surface area (Å²) in [5, 5.41) is 0.276. The lowest BCUT2D eigenvalue weighted by atomic mass is 10.5. The Morgan fingerprint density at radius 1 is 1.33 bits per heavy atom. The van der Waals surface area contributed by atoms with E-state index in [1.165, 1.54) is 0 Å². The average molecular weight is 160 g/mol. The van der Waals surface area contributed by atoms with Gasteiger partial charge < -0.3 is 4.98 Å². The van der Waals surface area contributed by atoms with Crippen LogP contribution in [0.3, 0.4) is 0 Å². The number of nitrogens with one attached hydrogen (secondary N) is 1. The molecule has 58 valence electrons. The maximum absolute atomic E-state index is 10.3. The number of hydrogen-bond acceptors (Lipinski definition) is 2.